The van der Waals surface area contributed by atoms with Crippen LogP contribution in [-0.2, 0) is 6.54 Å². The predicted octanol–water partition coefficient (Wildman–Crippen LogP) is 3.77. The normalized spacial score (nSPS) is 12.2. The SMILES string of the molecule is CCN(Cc1ccccc1)c1ccc(C(C)O)cc1. The molecule has 0 aliphatic heterocycles. The Morgan fingerprint density at radius 3 is 2.16 bits per heavy atom. The lowest BCUT2D eigenvalue weighted by atomic mass is 10.1. The van der Waals surface area contributed by atoms with Gasteiger partial charge in [-0.05, 0) is 37.1 Å². The Bertz CT molecular complexity index is 490. The van der Waals surface area contributed by atoms with Crippen LogP contribution in [0.25, 0.3) is 0 Å². The summed E-state index contributed by atoms with van der Waals surface area (Å²) in [6, 6.07) is 18.6. The van der Waals surface area contributed by atoms with Gasteiger partial charge in [0.25, 0.3) is 0 Å². The van der Waals surface area contributed by atoms with Crippen molar-refractivity contribution in [2.75, 3.05) is 11.4 Å². The summed E-state index contributed by atoms with van der Waals surface area (Å²) in [6.45, 7) is 5.82. The van der Waals surface area contributed by atoms with Gasteiger partial charge < -0.3 is 10.0 Å². The van der Waals surface area contributed by atoms with Crippen molar-refractivity contribution in [3.05, 3.63) is 65.7 Å². The van der Waals surface area contributed by atoms with Gasteiger partial charge in [-0.2, -0.15) is 0 Å². The van der Waals surface area contributed by atoms with E-state index in [-0.39, 0.29) is 0 Å². The molecule has 2 rings (SSSR count). The fourth-order valence-electron chi connectivity index (χ4n) is 2.15. The molecule has 2 nitrogen and oxygen atoms in total. The van der Waals surface area contributed by atoms with Gasteiger partial charge in [-0.15, -0.1) is 0 Å². The van der Waals surface area contributed by atoms with Gasteiger partial charge in [0.2, 0.25) is 0 Å². The highest BCUT2D eigenvalue weighted by Gasteiger charge is 2.06. The molecule has 0 aliphatic rings. The van der Waals surface area contributed by atoms with Gasteiger partial charge in [-0.1, -0.05) is 42.5 Å². The summed E-state index contributed by atoms with van der Waals surface area (Å²) in [7, 11) is 0. The summed E-state index contributed by atoms with van der Waals surface area (Å²) >= 11 is 0. The van der Waals surface area contributed by atoms with Gasteiger partial charge in [-0.3, -0.25) is 0 Å². The third-order valence-corrected chi connectivity index (χ3v) is 3.34. The molecule has 0 fully saturated rings. The van der Waals surface area contributed by atoms with Gasteiger partial charge in [0, 0.05) is 18.8 Å². The molecule has 2 aromatic rings. The lowest BCUT2D eigenvalue weighted by Gasteiger charge is -2.23. The highest BCUT2D eigenvalue weighted by atomic mass is 16.3. The second-order valence-electron chi connectivity index (χ2n) is 4.77. The lowest BCUT2D eigenvalue weighted by Crippen LogP contribution is -2.21. The van der Waals surface area contributed by atoms with E-state index in [0.717, 1.165) is 18.7 Å². The summed E-state index contributed by atoms with van der Waals surface area (Å²) in [4.78, 5) is 2.32. The molecular weight excluding hydrogens is 234 g/mol. The Hall–Kier alpha value is -1.80. The first-order valence-electron chi connectivity index (χ1n) is 6.77. The lowest BCUT2D eigenvalue weighted by molar-refractivity contribution is 0.199. The topological polar surface area (TPSA) is 23.5 Å². The molecule has 2 aromatic carbocycles. The monoisotopic (exact) mass is 255 g/mol. The van der Waals surface area contributed by atoms with Gasteiger partial charge in [0.1, 0.15) is 0 Å². The summed E-state index contributed by atoms with van der Waals surface area (Å²) < 4.78 is 0. The van der Waals surface area contributed by atoms with Crippen LogP contribution < -0.4 is 4.90 Å². The molecule has 1 N–H and O–H groups in total. The molecule has 0 aromatic heterocycles. The Kier molecular flexibility index (Phi) is 4.58. The van der Waals surface area contributed by atoms with Crippen LogP contribution >= 0.6 is 0 Å². The number of aliphatic hydroxyl groups excluding tert-OH is 1. The molecule has 0 spiro atoms. The molecule has 0 amide bonds. The van der Waals surface area contributed by atoms with E-state index in [1.807, 2.05) is 18.2 Å². The van der Waals surface area contributed by atoms with Crippen LogP contribution in [0, 0.1) is 0 Å². The standard InChI is InChI=1S/C17H21NO/c1-3-18(13-15-7-5-4-6-8-15)17-11-9-16(10-12-17)14(2)19/h4-12,14,19H,3,13H2,1-2H3. The van der Waals surface area contributed by atoms with Crippen molar-refractivity contribution in [3.63, 3.8) is 0 Å². The summed E-state index contributed by atoms with van der Waals surface area (Å²) in [5, 5.41) is 9.53. The number of aliphatic hydroxyl groups is 1. The van der Waals surface area contributed by atoms with Crippen LogP contribution in [0.15, 0.2) is 54.6 Å². The molecule has 0 saturated heterocycles. The zero-order valence-corrected chi connectivity index (χ0v) is 11.6. The second-order valence-corrected chi connectivity index (χ2v) is 4.77. The molecular formula is C17H21NO. The summed E-state index contributed by atoms with van der Waals surface area (Å²) in [5.41, 5.74) is 3.46. The van der Waals surface area contributed by atoms with Crippen LogP contribution in [0.4, 0.5) is 5.69 Å². The van der Waals surface area contributed by atoms with Crippen LogP contribution in [0.2, 0.25) is 0 Å². The minimum absolute atomic E-state index is 0.404. The smallest absolute Gasteiger partial charge is 0.0761 e. The third-order valence-electron chi connectivity index (χ3n) is 3.34. The molecule has 0 bridgehead atoms. The number of rotatable bonds is 5. The maximum Gasteiger partial charge on any atom is 0.0761 e. The van der Waals surface area contributed by atoms with Gasteiger partial charge in [0.05, 0.1) is 6.10 Å². The summed E-state index contributed by atoms with van der Waals surface area (Å²) in [6.07, 6.45) is -0.404. The van der Waals surface area contributed by atoms with E-state index in [2.05, 4.69) is 48.2 Å². The van der Waals surface area contributed by atoms with Crippen molar-refractivity contribution in [2.24, 2.45) is 0 Å². The Labute approximate surface area is 115 Å². The van der Waals surface area contributed by atoms with Crippen molar-refractivity contribution in [2.45, 2.75) is 26.5 Å². The second kappa shape index (κ2) is 6.39. The van der Waals surface area contributed by atoms with E-state index in [1.54, 1.807) is 6.92 Å². The minimum Gasteiger partial charge on any atom is -0.389 e. The molecule has 100 valence electrons. The largest absolute Gasteiger partial charge is 0.389 e. The van der Waals surface area contributed by atoms with E-state index < -0.39 is 6.10 Å². The quantitative estimate of drug-likeness (QED) is 0.879. The van der Waals surface area contributed by atoms with Crippen LogP contribution in [0.5, 0.6) is 0 Å². The first kappa shape index (κ1) is 13.6. The molecule has 0 radical (unpaired) electrons. The maximum absolute atomic E-state index is 9.53. The average molecular weight is 255 g/mol. The van der Waals surface area contributed by atoms with E-state index in [9.17, 15) is 5.11 Å². The van der Waals surface area contributed by atoms with Crippen molar-refractivity contribution in [1.29, 1.82) is 0 Å². The molecule has 0 saturated carbocycles. The fraction of sp³-hybridized carbons (Fsp3) is 0.294. The van der Waals surface area contributed by atoms with Crippen molar-refractivity contribution < 1.29 is 5.11 Å². The molecule has 19 heavy (non-hydrogen) atoms. The average Bonchev–Trinajstić information content (AvgIpc) is 2.46. The van der Waals surface area contributed by atoms with Crippen molar-refractivity contribution in [1.82, 2.24) is 0 Å². The minimum atomic E-state index is -0.404. The molecule has 0 aliphatic carbocycles. The number of hydrogen-bond donors (Lipinski definition) is 1. The zero-order chi connectivity index (χ0) is 13.7. The van der Waals surface area contributed by atoms with E-state index in [4.69, 9.17) is 0 Å². The number of nitrogens with zero attached hydrogens (tertiary/aromatic N) is 1. The first-order chi connectivity index (χ1) is 9.20. The van der Waals surface area contributed by atoms with Gasteiger partial charge in [0.15, 0.2) is 0 Å². The van der Waals surface area contributed by atoms with Crippen molar-refractivity contribution >= 4 is 5.69 Å². The molecule has 1 unspecified atom stereocenters. The van der Waals surface area contributed by atoms with E-state index in [0.29, 0.717) is 0 Å². The maximum atomic E-state index is 9.53. The fourth-order valence-corrected chi connectivity index (χ4v) is 2.15. The van der Waals surface area contributed by atoms with Gasteiger partial charge >= 0.3 is 0 Å². The van der Waals surface area contributed by atoms with Crippen LogP contribution in [-0.4, -0.2) is 11.7 Å². The zero-order valence-electron chi connectivity index (χ0n) is 11.6. The Morgan fingerprint density at radius 2 is 1.63 bits per heavy atom. The van der Waals surface area contributed by atoms with E-state index >= 15 is 0 Å². The Morgan fingerprint density at radius 1 is 1.00 bits per heavy atom. The number of benzene rings is 2. The molecule has 1 atom stereocenters. The van der Waals surface area contributed by atoms with Gasteiger partial charge in [-0.25, -0.2) is 0 Å². The molecule has 2 heteroatoms. The van der Waals surface area contributed by atoms with Crippen LogP contribution in [0.1, 0.15) is 31.1 Å². The van der Waals surface area contributed by atoms with Crippen LogP contribution in [0.3, 0.4) is 0 Å². The number of anilines is 1. The first-order valence-corrected chi connectivity index (χ1v) is 6.77. The highest BCUT2D eigenvalue weighted by molar-refractivity contribution is 5.48. The molecule has 0 heterocycles. The van der Waals surface area contributed by atoms with E-state index in [1.165, 1.54) is 11.3 Å². The number of hydrogen-bond acceptors (Lipinski definition) is 2. The summed E-state index contributed by atoms with van der Waals surface area (Å²) in [5.74, 6) is 0. The Balaban J connectivity index is 2.13. The predicted molar refractivity (Wildman–Crippen MR) is 80.2 cm³/mol. The highest BCUT2D eigenvalue weighted by Crippen LogP contribution is 2.20. The van der Waals surface area contributed by atoms with Crippen molar-refractivity contribution in [3.8, 4) is 0 Å². The third kappa shape index (κ3) is 3.58.